The van der Waals surface area contributed by atoms with E-state index < -0.39 is 11.7 Å². The molecule has 0 unspecified atom stereocenters. The van der Waals surface area contributed by atoms with Gasteiger partial charge in [-0.25, -0.2) is 4.98 Å². The maximum Gasteiger partial charge on any atom is 0.416 e. The van der Waals surface area contributed by atoms with Crippen molar-refractivity contribution >= 4 is 22.8 Å². The van der Waals surface area contributed by atoms with E-state index in [0.717, 1.165) is 12.1 Å². The molecule has 3 nitrogen and oxygen atoms in total. The quantitative estimate of drug-likeness (QED) is 0.523. The number of hydrogen-bond acceptors (Lipinski definition) is 3. The lowest BCUT2D eigenvalue weighted by Gasteiger charge is -2.07. The minimum absolute atomic E-state index is 0.223. The maximum atomic E-state index is 12.8. The molecule has 0 atom stereocenters. The first-order chi connectivity index (χ1) is 11.4. The zero-order valence-corrected chi connectivity index (χ0v) is 12.3. The van der Waals surface area contributed by atoms with Gasteiger partial charge in [0.1, 0.15) is 0 Å². The molecule has 0 spiro atoms. The molecule has 0 saturated carbocycles. The topological polar surface area (TPSA) is 42.9 Å². The number of benzene rings is 1. The summed E-state index contributed by atoms with van der Waals surface area (Å²) in [5.74, 6) is -0.256. The fourth-order valence-electron chi connectivity index (χ4n) is 2.17. The zero-order valence-electron chi connectivity index (χ0n) is 12.3. The third-order valence-corrected chi connectivity index (χ3v) is 3.39. The Kier molecular flexibility index (Phi) is 4.12. The van der Waals surface area contributed by atoms with Crippen LogP contribution in [0.3, 0.4) is 0 Å². The average molecular weight is 328 g/mol. The van der Waals surface area contributed by atoms with Crippen molar-refractivity contribution in [2.75, 3.05) is 0 Å². The van der Waals surface area contributed by atoms with Crippen LogP contribution in [0.2, 0.25) is 0 Å². The van der Waals surface area contributed by atoms with E-state index in [1.165, 1.54) is 24.4 Å². The molecule has 0 radical (unpaired) electrons. The van der Waals surface area contributed by atoms with Gasteiger partial charge in [-0.3, -0.25) is 9.78 Å². The number of allylic oxidation sites excluding steroid dienone is 1. The smallest absolute Gasteiger partial charge is 0.289 e. The van der Waals surface area contributed by atoms with Gasteiger partial charge in [-0.1, -0.05) is 12.1 Å². The molecule has 3 aromatic rings. The molecule has 0 aliphatic heterocycles. The van der Waals surface area contributed by atoms with Gasteiger partial charge in [0.15, 0.2) is 5.78 Å². The molecule has 0 saturated heterocycles. The molecule has 3 rings (SSSR count). The standard InChI is InChI=1S/C18H11F3N2O/c19-18(20,21)14-5-3-12-4-6-15(23-16(12)10-14)7-8-17(24)13-2-1-9-22-11-13/h1-11H/b8-7+. The van der Waals surface area contributed by atoms with E-state index in [-0.39, 0.29) is 11.3 Å². The number of nitrogens with zero attached hydrogens (tertiary/aromatic N) is 2. The molecule has 6 heteroatoms. The Bertz CT molecular complexity index is 918. The highest BCUT2D eigenvalue weighted by atomic mass is 19.4. The van der Waals surface area contributed by atoms with Gasteiger partial charge in [-0.05, 0) is 42.5 Å². The summed E-state index contributed by atoms with van der Waals surface area (Å²) in [6.45, 7) is 0. The molecule has 0 fully saturated rings. The van der Waals surface area contributed by atoms with Gasteiger partial charge < -0.3 is 0 Å². The molecular weight excluding hydrogens is 317 g/mol. The number of carbonyl (C=O) groups is 1. The van der Waals surface area contributed by atoms with Gasteiger partial charge >= 0.3 is 6.18 Å². The predicted octanol–water partition coefficient (Wildman–Crippen LogP) is 4.54. The van der Waals surface area contributed by atoms with E-state index in [1.54, 1.807) is 30.5 Å². The Labute approximate surface area is 135 Å². The Morgan fingerprint density at radius 2 is 1.88 bits per heavy atom. The lowest BCUT2D eigenvalue weighted by atomic mass is 10.1. The molecule has 0 N–H and O–H groups in total. The van der Waals surface area contributed by atoms with E-state index in [4.69, 9.17) is 0 Å². The largest absolute Gasteiger partial charge is 0.416 e. The van der Waals surface area contributed by atoms with Crippen molar-refractivity contribution < 1.29 is 18.0 Å². The Hall–Kier alpha value is -3.02. The fraction of sp³-hybridized carbons (Fsp3) is 0.0556. The molecule has 0 aliphatic rings. The minimum Gasteiger partial charge on any atom is -0.289 e. The molecule has 120 valence electrons. The summed E-state index contributed by atoms with van der Waals surface area (Å²) in [6.07, 6.45) is 1.37. The van der Waals surface area contributed by atoms with Crippen molar-refractivity contribution in [3.63, 3.8) is 0 Å². The van der Waals surface area contributed by atoms with Crippen LogP contribution in [0.15, 0.2) is 60.9 Å². The van der Waals surface area contributed by atoms with Gasteiger partial charge in [0.2, 0.25) is 0 Å². The highest BCUT2D eigenvalue weighted by Gasteiger charge is 2.30. The molecule has 24 heavy (non-hydrogen) atoms. The molecule has 2 heterocycles. The Morgan fingerprint density at radius 1 is 1.08 bits per heavy atom. The van der Waals surface area contributed by atoms with E-state index in [0.29, 0.717) is 16.6 Å². The number of pyridine rings is 2. The van der Waals surface area contributed by atoms with Crippen molar-refractivity contribution in [2.45, 2.75) is 6.18 Å². The van der Waals surface area contributed by atoms with Crippen molar-refractivity contribution in [1.29, 1.82) is 0 Å². The second-order valence-electron chi connectivity index (χ2n) is 5.08. The Morgan fingerprint density at radius 3 is 2.58 bits per heavy atom. The summed E-state index contributed by atoms with van der Waals surface area (Å²) >= 11 is 0. The van der Waals surface area contributed by atoms with Gasteiger partial charge in [0, 0.05) is 23.3 Å². The van der Waals surface area contributed by atoms with Crippen LogP contribution in [-0.2, 0) is 6.18 Å². The van der Waals surface area contributed by atoms with E-state index in [2.05, 4.69) is 9.97 Å². The van der Waals surface area contributed by atoms with E-state index in [1.807, 2.05) is 0 Å². The normalized spacial score (nSPS) is 12.0. The van der Waals surface area contributed by atoms with Crippen LogP contribution in [-0.4, -0.2) is 15.8 Å². The van der Waals surface area contributed by atoms with Crippen LogP contribution in [0, 0.1) is 0 Å². The number of ketones is 1. The van der Waals surface area contributed by atoms with E-state index in [9.17, 15) is 18.0 Å². The van der Waals surface area contributed by atoms with Crippen LogP contribution in [0.25, 0.3) is 17.0 Å². The molecule has 1 aromatic carbocycles. The first kappa shape index (κ1) is 15.9. The van der Waals surface area contributed by atoms with E-state index >= 15 is 0 Å². The first-order valence-corrected chi connectivity index (χ1v) is 7.04. The molecule has 2 aromatic heterocycles. The number of aromatic nitrogens is 2. The van der Waals surface area contributed by atoms with Crippen molar-refractivity contribution in [3.8, 4) is 0 Å². The monoisotopic (exact) mass is 328 g/mol. The van der Waals surface area contributed by atoms with Crippen molar-refractivity contribution in [3.05, 3.63) is 77.8 Å². The fourth-order valence-corrected chi connectivity index (χ4v) is 2.17. The van der Waals surface area contributed by atoms with Crippen LogP contribution < -0.4 is 0 Å². The maximum absolute atomic E-state index is 12.8. The van der Waals surface area contributed by atoms with Gasteiger partial charge in [0.05, 0.1) is 16.8 Å². The first-order valence-electron chi connectivity index (χ1n) is 7.04. The zero-order chi connectivity index (χ0) is 17.2. The summed E-state index contributed by atoms with van der Waals surface area (Å²) in [4.78, 5) is 20.0. The number of hydrogen-bond donors (Lipinski definition) is 0. The molecule has 0 amide bonds. The summed E-state index contributed by atoms with van der Waals surface area (Å²) in [6, 6.07) is 9.97. The number of rotatable bonds is 3. The SMILES string of the molecule is O=C(/C=C/c1ccc2ccc(C(F)(F)F)cc2n1)c1cccnc1. The second-order valence-corrected chi connectivity index (χ2v) is 5.08. The third-order valence-electron chi connectivity index (χ3n) is 3.39. The molecular formula is C18H11F3N2O. The summed E-state index contributed by atoms with van der Waals surface area (Å²) in [5.41, 5.74) is 0.295. The van der Waals surface area contributed by atoms with Crippen LogP contribution >= 0.6 is 0 Å². The highest BCUT2D eigenvalue weighted by molar-refractivity contribution is 6.06. The summed E-state index contributed by atoms with van der Waals surface area (Å²) in [5, 5.41) is 0.596. The number of alkyl halides is 3. The van der Waals surface area contributed by atoms with Crippen molar-refractivity contribution in [2.24, 2.45) is 0 Å². The van der Waals surface area contributed by atoms with Gasteiger partial charge in [-0.2, -0.15) is 13.2 Å². The van der Waals surface area contributed by atoms with Crippen LogP contribution in [0.5, 0.6) is 0 Å². The van der Waals surface area contributed by atoms with Crippen LogP contribution in [0.4, 0.5) is 13.2 Å². The van der Waals surface area contributed by atoms with Crippen LogP contribution in [0.1, 0.15) is 21.6 Å². The third kappa shape index (κ3) is 3.48. The minimum atomic E-state index is -4.42. The molecule has 0 aliphatic carbocycles. The summed E-state index contributed by atoms with van der Waals surface area (Å²) in [7, 11) is 0. The Balaban J connectivity index is 1.90. The average Bonchev–Trinajstić information content (AvgIpc) is 2.59. The van der Waals surface area contributed by atoms with Crippen molar-refractivity contribution in [1.82, 2.24) is 9.97 Å². The van der Waals surface area contributed by atoms with Gasteiger partial charge in [0.25, 0.3) is 0 Å². The molecule has 0 bridgehead atoms. The number of fused-ring (bicyclic) bond motifs is 1. The highest BCUT2D eigenvalue weighted by Crippen LogP contribution is 2.31. The number of halogens is 3. The predicted molar refractivity (Wildman–Crippen MR) is 84.3 cm³/mol. The second kappa shape index (κ2) is 6.23. The van der Waals surface area contributed by atoms with Gasteiger partial charge in [-0.15, -0.1) is 0 Å². The lowest BCUT2D eigenvalue weighted by Crippen LogP contribution is -2.04. The summed E-state index contributed by atoms with van der Waals surface area (Å²) < 4.78 is 38.3. The number of carbonyl (C=O) groups excluding carboxylic acids is 1. The lowest BCUT2D eigenvalue weighted by molar-refractivity contribution is -0.137.